The molecule has 2 aromatic heterocycles. The van der Waals surface area contributed by atoms with Crippen LogP contribution in [-0.4, -0.2) is 59.0 Å². The van der Waals surface area contributed by atoms with Crippen molar-refractivity contribution in [1.29, 1.82) is 0 Å². The molecule has 14 heteroatoms. The Morgan fingerprint density at radius 2 is 1.68 bits per heavy atom. The first-order valence-electron chi connectivity index (χ1n) is 14.3. The zero-order valence-electron chi connectivity index (χ0n) is 24.8. The summed E-state index contributed by atoms with van der Waals surface area (Å²) in [6.45, 7) is 3.59. The van der Waals surface area contributed by atoms with Crippen LogP contribution in [0.25, 0.3) is 22.4 Å². The molecular formula is C30H34ClF2N7O3S. The quantitative estimate of drug-likeness (QED) is 0.242. The molecule has 0 bridgehead atoms. The maximum absolute atomic E-state index is 15.2. The lowest BCUT2D eigenvalue weighted by Gasteiger charge is -2.32. The molecule has 44 heavy (non-hydrogen) atoms. The van der Waals surface area contributed by atoms with Crippen molar-refractivity contribution in [1.82, 2.24) is 24.4 Å². The fraction of sp³-hybridized carbons (Fsp3) is 0.400. The minimum Gasteiger partial charge on any atom is -0.351 e. The number of hydrogen-bond acceptors (Lipinski definition) is 8. The number of anilines is 2. The largest absolute Gasteiger partial charge is 0.351 e. The molecule has 0 saturated heterocycles. The van der Waals surface area contributed by atoms with Crippen molar-refractivity contribution < 1.29 is 17.2 Å². The molecule has 2 aromatic carbocycles. The lowest BCUT2D eigenvalue weighted by molar-refractivity contribution is 0.221. The van der Waals surface area contributed by atoms with E-state index in [0.29, 0.717) is 28.2 Å². The summed E-state index contributed by atoms with van der Waals surface area (Å²) in [6, 6.07) is 8.17. The highest BCUT2D eigenvalue weighted by Crippen LogP contribution is 2.29. The molecule has 10 nitrogen and oxygen atoms in total. The van der Waals surface area contributed by atoms with E-state index in [9.17, 15) is 13.2 Å². The van der Waals surface area contributed by atoms with Crippen LogP contribution >= 0.6 is 11.6 Å². The van der Waals surface area contributed by atoms with E-state index in [2.05, 4.69) is 39.3 Å². The number of nitrogens with one attached hydrogen (secondary N) is 2. The number of sulfonamides is 1. The molecule has 0 unspecified atom stereocenters. The smallest absolute Gasteiger partial charge is 0.278 e. The zero-order valence-corrected chi connectivity index (χ0v) is 26.4. The number of nitrogens with zero attached hydrogens (tertiary/aromatic N) is 5. The molecule has 1 saturated carbocycles. The summed E-state index contributed by atoms with van der Waals surface area (Å²) in [5.41, 5.74) is -0.881. The molecule has 4 aromatic rings. The predicted octanol–water partition coefficient (Wildman–Crippen LogP) is 5.59. The van der Waals surface area contributed by atoms with Gasteiger partial charge in [0.1, 0.15) is 16.9 Å². The van der Waals surface area contributed by atoms with E-state index in [4.69, 9.17) is 11.6 Å². The number of aromatic nitrogens is 4. The van der Waals surface area contributed by atoms with Gasteiger partial charge in [-0.2, -0.15) is 4.98 Å². The van der Waals surface area contributed by atoms with Crippen molar-refractivity contribution in [2.24, 2.45) is 0 Å². The van der Waals surface area contributed by atoms with Gasteiger partial charge in [-0.3, -0.25) is 14.1 Å². The van der Waals surface area contributed by atoms with Gasteiger partial charge in [-0.15, -0.1) is 0 Å². The minimum atomic E-state index is -4.18. The zero-order chi connectivity index (χ0) is 31.8. The minimum absolute atomic E-state index is 0.151. The normalized spacial score (nSPS) is 17.4. The van der Waals surface area contributed by atoms with Crippen molar-refractivity contribution in [2.45, 2.75) is 63.4 Å². The summed E-state index contributed by atoms with van der Waals surface area (Å²) in [5, 5.41) is 3.80. The number of benzene rings is 2. The summed E-state index contributed by atoms with van der Waals surface area (Å²) in [4.78, 5) is 29.3. The summed E-state index contributed by atoms with van der Waals surface area (Å²) in [5.74, 6) is -2.54. The van der Waals surface area contributed by atoms with Crippen LogP contribution in [0.4, 0.5) is 20.4 Å². The van der Waals surface area contributed by atoms with Crippen molar-refractivity contribution in [2.75, 3.05) is 24.1 Å². The van der Waals surface area contributed by atoms with Crippen molar-refractivity contribution in [3.63, 3.8) is 0 Å². The number of hydrogen-bond donors (Lipinski definition) is 2. The molecule has 5 rings (SSSR count). The topological polar surface area (TPSA) is 122 Å². The van der Waals surface area contributed by atoms with E-state index in [1.165, 1.54) is 35.0 Å². The van der Waals surface area contributed by atoms with Gasteiger partial charge < -0.3 is 10.2 Å². The molecule has 1 fully saturated rings. The van der Waals surface area contributed by atoms with Crippen LogP contribution in [-0.2, 0) is 15.8 Å². The van der Waals surface area contributed by atoms with Crippen LogP contribution in [0.3, 0.4) is 0 Å². The van der Waals surface area contributed by atoms with E-state index in [-0.39, 0.29) is 28.9 Å². The summed E-state index contributed by atoms with van der Waals surface area (Å²) >= 11 is 5.84. The average Bonchev–Trinajstić information content (AvgIpc) is 2.95. The molecule has 1 aliphatic carbocycles. The van der Waals surface area contributed by atoms with E-state index in [1.807, 2.05) is 4.72 Å². The van der Waals surface area contributed by atoms with E-state index >= 15 is 8.78 Å². The maximum Gasteiger partial charge on any atom is 0.278 e. The van der Waals surface area contributed by atoms with Gasteiger partial charge in [0, 0.05) is 28.7 Å². The van der Waals surface area contributed by atoms with Crippen LogP contribution in [0, 0.1) is 11.6 Å². The summed E-state index contributed by atoms with van der Waals surface area (Å²) in [6.07, 6.45) is 5.50. The van der Waals surface area contributed by atoms with Crippen LogP contribution in [0.1, 0.15) is 51.1 Å². The summed E-state index contributed by atoms with van der Waals surface area (Å²) < 4.78 is 59.1. The molecule has 2 N–H and O–H groups in total. The van der Waals surface area contributed by atoms with Crippen LogP contribution in [0.2, 0.25) is 5.02 Å². The Balaban J connectivity index is 1.43. The first-order chi connectivity index (χ1) is 20.8. The average molecular weight is 646 g/mol. The Bertz CT molecular complexity index is 1820. The third-order valence-corrected chi connectivity index (χ3v) is 9.23. The molecule has 0 spiro atoms. The Hall–Kier alpha value is -3.68. The first-order valence-corrected chi connectivity index (χ1v) is 16.3. The first kappa shape index (κ1) is 31.7. The van der Waals surface area contributed by atoms with Crippen molar-refractivity contribution >= 4 is 44.4 Å². The molecule has 0 radical (unpaired) electrons. The second-order valence-electron chi connectivity index (χ2n) is 11.5. The fourth-order valence-electron chi connectivity index (χ4n) is 5.46. The van der Waals surface area contributed by atoms with E-state index < -0.39 is 38.7 Å². The third-order valence-electron chi connectivity index (χ3n) is 7.75. The van der Waals surface area contributed by atoms with Crippen molar-refractivity contribution in [3.8, 4) is 11.3 Å². The highest BCUT2D eigenvalue weighted by molar-refractivity contribution is 7.91. The van der Waals surface area contributed by atoms with Gasteiger partial charge in [-0.05, 0) is 83.5 Å². The molecule has 1 aliphatic rings. The number of fused-ring (bicyclic) bond motifs is 1. The molecule has 234 valence electrons. The second-order valence-corrected chi connectivity index (χ2v) is 13.7. The molecule has 0 amide bonds. The van der Waals surface area contributed by atoms with Gasteiger partial charge in [0.25, 0.3) is 5.56 Å². The third kappa shape index (κ3) is 7.00. The lowest BCUT2D eigenvalue weighted by Crippen LogP contribution is -2.36. The van der Waals surface area contributed by atoms with Crippen molar-refractivity contribution in [3.05, 3.63) is 75.2 Å². The van der Waals surface area contributed by atoms with E-state index in [0.717, 1.165) is 37.8 Å². The number of rotatable bonds is 9. The maximum atomic E-state index is 15.2. The van der Waals surface area contributed by atoms with Gasteiger partial charge >= 0.3 is 0 Å². The highest BCUT2D eigenvalue weighted by atomic mass is 35.5. The Labute approximate surface area is 259 Å². The van der Waals surface area contributed by atoms with E-state index in [1.54, 1.807) is 13.8 Å². The van der Waals surface area contributed by atoms with Crippen LogP contribution in [0.15, 0.2) is 47.4 Å². The SMILES string of the molecule is CC(C)n1c(=O)c(-c2cc(F)c(NS(=O)(=O)Cc3ccc(Cl)cc3)c(F)c2)nc2cnc(N[C@H]3CC[C@H](N(C)C)CC3)nc21. The van der Waals surface area contributed by atoms with Gasteiger partial charge in [0.15, 0.2) is 17.3 Å². The summed E-state index contributed by atoms with van der Waals surface area (Å²) in [7, 11) is -0.0118. The predicted molar refractivity (Wildman–Crippen MR) is 168 cm³/mol. The Morgan fingerprint density at radius 1 is 1.05 bits per heavy atom. The fourth-order valence-corrected chi connectivity index (χ4v) is 6.79. The lowest BCUT2D eigenvalue weighted by atomic mass is 9.91. The van der Waals surface area contributed by atoms with Crippen LogP contribution in [0.5, 0.6) is 0 Å². The van der Waals surface area contributed by atoms with Gasteiger partial charge in [-0.1, -0.05) is 23.7 Å². The Morgan fingerprint density at radius 3 is 2.27 bits per heavy atom. The van der Waals surface area contributed by atoms with Gasteiger partial charge in [0.2, 0.25) is 16.0 Å². The monoisotopic (exact) mass is 645 g/mol. The molecule has 2 heterocycles. The molecule has 0 atom stereocenters. The van der Waals surface area contributed by atoms with Gasteiger partial charge in [-0.25, -0.2) is 27.2 Å². The highest BCUT2D eigenvalue weighted by Gasteiger charge is 2.25. The molecule has 0 aliphatic heterocycles. The Kier molecular flexibility index (Phi) is 9.19. The van der Waals surface area contributed by atoms with Crippen LogP contribution < -0.4 is 15.6 Å². The second kappa shape index (κ2) is 12.7. The molecular weight excluding hydrogens is 612 g/mol. The number of halogens is 3. The van der Waals surface area contributed by atoms with Gasteiger partial charge in [0.05, 0.1) is 11.9 Å². The standard InChI is InChI=1S/C30H34ClF2N7O3S/c1-17(2)40-28-25(15-34-30(37-28)35-21-9-11-22(12-10-21)39(3)4)36-26(29(40)41)19-13-23(32)27(24(33)14-19)38-44(42,43)16-18-5-7-20(31)8-6-18/h5-8,13-15,17,21-22,38H,9-12,16H2,1-4H3,(H,34,35,37)/t21-,22-.